The van der Waals surface area contributed by atoms with Crippen molar-refractivity contribution in [2.45, 2.75) is 32.8 Å². The fourth-order valence-corrected chi connectivity index (χ4v) is 3.42. The number of fused-ring (bicyclic) bond motifs is 1. The molecular formula is C22H23N3O2. The molecule has 1 aliphatic carbocycles. The van der Waals surface area contributed by atoms with Crippen LogP contribution in [-0.4, -0.2) is 30.3 Å². The van der Waals surface area contributed by atoms with Crippen LogP contribution >= 0.6 is 0 Å². The molecule has 0 spiro atoms. The smallest absolute Gasteiger partial charge is 0.154 e. The van der Waals surface area contributed by atoms with Crippen molar-refractivity contribution in [1.29, 1.82) is 5.26 Å². The molecule has 5 heteroatoms. The molecule has 2 aromatic rings. The summed E-state index contributed by atoms with van der Waals surface area (Å²) in [6, 6.07) is 13.6. The Morgan fingerprint density at radius 3 is 2.85 bits per heavy atom. The molecule has 2 aromatic carbocycles. The van der Waals surface area contributed by atoms with Gasteiger partial charge in [-0.3, -0.25) is 4.99 Å². The van der Waals surface area contributed by atoms with Crippen LogP contribution in [0.2, 0.25) is 0 Å². The molecule has 1 aliphatic rings. The van der Waals surface area contributed by atoms with Crippen LogP contribution in [0.4, 0.5) is 0 Å². The van der Waals surface area contributed by atoms with E-state index in [1.165, 1.54) is 0 Å². The average Bonchev–Trinajstić information content (AvgIpc) is 3.07. The second kappa shape index (κ2) is 8.15. The molecule has 5 nitrogen and oxygen atoms in total. The molecule has 0 unspecified atom stereocenters. The van der Waals surface area contributed by atoms with Crippen molar-refractivity contribution in [3.05, 3.63) is 64.2 Å². The van der Waals surface area contributed by atoms with E-state index in [1.54, 1.807) is 19.2 Å². The van der Waals surface area contributed by atoms with Crippen molar-refractivity contribution in [2.75, 3.05) is 13.7 Å². The summed E-state index contributed by atoms with van der Waals surface area (Å²) in [6.07, 6.45) is 1.14. The average molecular weight is 361 g/mol. The number of nitrogens with zero attached hydrogens (tertiary/aromatic N) is 3. The molecule has 0 saturated heterocycles. The van der Waals surface area contributed by atoms with Gasteiger partial charge in [0, 0.05) is 18.3 Å². The number of aliphatic imine (C=N–C) groups is 2. The molecule has 1 N–H and O–H groups in total. The third-order valence-corrected chi connectivity index (χ3v) is 4.78. The summed E-state index contributed by atoms with van der Waals surface area (Å²) in [5.74, 6) is 1.21. The highest BCUT2D eigenvalue weighted by Gasteiger charge is 2.24. The molecule has 0 aromatic heterocycles. The van der Waals surface area contributed by atoms with E-state index in [2.05, 4.69) is 11.1 Å². The second-order valence-corrected chi connectivity index (χ2v) is 6.43. The maximum absolute atomic E-state index is 10.1. The van der Waals surface area contributed by atoms with Gasteiger partial charge in [0.2, 0.25) is 0 Å². The van der Waals surface area contributed by atoms with Crippen molar-refractivity contribution in [3.8, 4) is 11.8 Å². The van der Waals surface area contributed by atoms with E-state index in [1.807, 2.05) is 38.1 Å². The summed E-state index contributed by atoms with van der Waals surface area (Å²) < 4.78 is 5.48. The minimum atomic E-state index is -0.410. The van der Waals surface area contributed by atoms with Crippen molar-refractivity contribution >= 4 is 11.5 Å². The van der Waals surface area contributed by atoms with E-state index in [0.29, 0.717) is 23.8 Å². The maximum atomic E-state index is 10.1. The predicted molar refractivity (Wildman–Crippen MR) is 107 cm³/mol. The summed E-state index contributed by atoms with van der Waals surface area (Å²) in [7, 11) is 1.72. The lowest BCUT2D eigenvalue weighted by Gasteiger charge is -2.11. The lowest BCUT2D eigenvalue weighted by Crippen LogP contribution is -2.07. The number of benzene rings is 2. The van der Waals surface area contributed by atoms with Gasteiger partial charge in [-0.2, -0.15) is 5.26 Å². The van der Waals surface area contributed by atoms with Crippen LogP contribution in [0.1, 0.15) is 54.2 Å². The largest absolute Gasteiger partial charge is 0.492 e. The molecule has 0 radical (unpaired) electrons. The van der Waals surface area contributed by atoms with E-state index >= 15 is 0 Å². The van der Waals surface area contributed by atoms with Crippen LogP contribution in [0.3, 0.4) is 0 Å². The minimum absolute atomic E-state index is 0.410. The highest BCUT2D eigenvalue weighted by atomic mass is 16.5. The van der Waals surface area contributed by atoms with Gasteiger partial charge in [0.1, 0.15) is 11.8 Å². The number of nitriles is 1. The molecule has 27 heavy (non-hydrogen) atoms. The Hall–Kier alpha value is -2.97. The number of ether oxygens (including phenoxy) is 1. The summed E-state index contributed by atoms with van der Waals surface area (Å²) in [5, 5.41) is 19.5. The predicted octanol–water partition coefficient (Wildman–Crippen LogP) is 3.82. The van der Waals surface area contributed by atoms with Gasteiger partial charge in [-0.25, -0.2) is 4.99 Å². The van der Waals surface area contributed by atoms with E-state index in [9.17, 15) is 10.4 Å². The number of aliphatic hydroxyl groups is 1. The zero-order valence-electron chi connectivity index (χ0n) is 15.9. The molecule has 0 aliphatic heterocycles. The first-order valence-electron chi connectivity index (χ1n) is 9.08. The summed E-state index contributed by atoms with van der Waals surface area (Å²) in [6.45, 7) is 4.31. The van der Waals surface area contributed by atoms with Crippen LogP contribution in [0.5, 0.6) is 5.75 Å². The highest BCUT2D eigenvalue weighted by Crippen LogP contribution is 2.33. The molecule has 0 saturated carbocycles. The van der Waals surface area contributed by atoms with Crippen LogP contribution < -0.4 is 4.74 Å². The highest BCUT2D eigenvalue weighted by molar-refractivity contribution is 6.12. The van der Waals surface area contributed by atoms with E-state index in [-0.39, 0.29) is 0 Å². The van der Waals surface area contributed by atoms with E-state index in [4.69, 9.17) is 9.73 Å². The molecule has 0 heterocycles. The van der Waals surface area contributed by atoms with Crippen molar-refractivity contribution in [3.63, 3.8) is 0 Å². The van der Waals surface area contributed by atoms with E-state index in [0.717, 1.165) is 40.8 Å². The zero-order valence-corrected chi connectivity index (χ0v) is 15.9. The van der Waals surface area contributed by atoms with Crippen molar-refractivity contribution < 1.29 is 9.84 Å². The van der Waals surface area contributed by atoms with Gasteiger partial charge in [-0.15, -0.1) is 0 Å². The normalized spacial score (nSPS) is 16.8. The number of amidine groups is 1. The van der Waals surface area contributed by atoms with E-state index < -0.39 is 6.10 Å². The van der Waals surface area contributed by atoms with Crippen molar-refractivity contribution in [1.82, 2.24) is 0 Å². The van der Waals surface area contributed by atoms with Crippen LogP contribution in [0.25, 0.3) is 0 Å². The quantitative estimate of drug-likeness (QED) is 0.664. The SMILES string of the molecule is CCOc1ccc(C(C)=NC(=NC)c2cccc3c2CC[C@@H]3O)cc1C#N. The second-order valence-electron chi connectivity index (χ2n) is 6.43. The molecule has 0 amide bonds. The van der Waals surface area contributed by atoms with Gasteiger partial charge in [0.15, 0.2) is 5.84 Å². The molecule has 1 atom stereocenters. The number of rotatable bonds is 4. The third-order valence-electron chi connectivity index (χ3n) is 4.78. The molecule has 0 fully saturated rings. The van der Waals surface area contributed by atoms with Crippen molar-refractivity contribution in [2.24, 2.45) is 9.98 Å². The summed E-state index contributed by atoms with van der Waals surface area (Å²) >= 11 is 0. The fraction of sp³-hybridized carbons (Fsp3) is 0.318. The third kappa shape index (κ3) is 3.76. The molecule has 0 bridgehead atoms. The van der Waals surface area contributed by atoms with Gasteiger partial charge < -0.3 is 9.84 Å². The monoisotopic (exact) mass is 361 g/mol. The fourth-order valence-electron chi connectivity index (χ4n) is 3.42. The first kappa shape index (κ1) is 18.8. The molecular weight excluding hydrogens is 338 g/mol. The summed E-state index contributed by atoms with van der Waals surface area (Å²) in [5.41, 5.74) is 5.15. The summed E-state index contributed by atoms with van der Waals surface area (Å²) in [4.78, 5) is 9.10. The Kier molecular flexibility index (Phi) is 5.68. The van der Waals surface area contributed by atoms with Crippen LogP contribution in [0, 0.1) is 11.3 Å². The molecule has 138 valence electrons. The van der Waals surface area contributed by atoms with Gasteiger partial charge in [-0.1, -0.05) is 18.2 Å². The first-order chi connectivity index (χ1) is 13.1. The Labute approximate surface area is 159 Å². The van der Waals surface area contributed by atoms with Crippen LogP contribution in [0.15, 0.2) is 46.4 Å². The Morgan fingerprint density at radius 1 is 1.33 bits per heavy atom. The Morgan fingerprint density at radius 2 is 2.15 bits per heavy atom. The molecule has 3 rings (SSSR count). The Bertz CT molecular complexity index is 955. The minimum Gasteiger partial charge on any atom is -0.492 e. The number of hydrogen-bond donors (Lipinski definition) is 1. The Balaban J connectivity index is 1.97. The maximum Gasteiger partial charge on any atom is 0.154 e. The number of aliphatic hydroxyl groups excluding tert-OH is 1. The lowest BCUT2D eigenvalue weighted by molar-refractivity contribution is 0.180. The standard InChI is InChI=1S/C22H23N3O2/c1-4-27-21-11-8-15(12-16(21)13-23)14(2)25-22(24-3)19-7-5-6-18-17(19)9-10-20(18)26/h5-8,11-12,20,26H,4,9-10H2,1-3H3/t20-/m0/s1. The zero-order chi connectivity index (χ0) is 19.4. The van der Waals surface area contributed by atoms with Gasteiger partial charge in [0.05, 0.1) is 18.3 Å². The first-order valence-corrected chi connectivity index (χ1v) is 9.08. The van der Waals surface area contributed by atoms with Gasteiger partial charge in [0.25, 0.3) is 0 Å². The van der Waals surface area contributed by atoms with Gasteiger partial charge in [-0.05, 0) is 61.6 Å². The van der Waals surface area contributed by atoms with Gasteiger partial charge >= 0.3 is 0 Å². The number of hydrogen-bond acceptors (Lipinski definition) is 4. The van der Waals surface area contributed by atoms with Crippen LogP contribution in [-0.2, 0) is 6.42 Å². The topological polar surface area (TPSA) is 78.0 Å². The lowest BCUT2D eigenvalue weighted by atomic mass is 10.0.